The van der Waals surface area contributed by atoms with Gasteiger partial charge in [0.25, 0.3) is 5.91 Å². The first kappa shape index (κ1) is 18.9. The molecule has 0 aliphatic heterocycles. The largest absolute Gasteiger partial charge is 0.416 e. The predicted octanol–water partition coefficient (Wildman–Crippen LogP) is 5.57. The van der Waals surface area contributed by atoms with Crippen LogP contribution < -0.4 is 5.32 Å². The first-order valence-corrected chi connectivity index (χ1v) is 9.33. The number of aryl methyl sites for hydroxylation is 1. The Morgan fingerprint density at radius 2 is 1.85 bits per heavy atom. The van der Waals surface area contributed by atoms with Crippen molar-refractivity contribution >= 4 is 22.4 Å². The molecule has 3 nitrogen and oxygen atoms in total. The standard InChI is InChI=1S/C19H21F3N2OS/c1-18(2,3)13-8-9-14-15(10-13)26-17(23-14)24-16(25)11-4-6-12(7-5-11)19(20,21)22/h4-7,13H,8-10H2,1-3H3,(H,23,24,25). The minimum atomic E-state index is -4.41. The molecule has 0 spiro atoms. The highest BCUT2D eigenvalue weighted by atomic mass is 32.1. The van der Waals surface area contributed by atoms with E-state index in [-0.39, 0.29) is 11.0 Å². The van der Waals surface area contributed by atoms with Crippen molar-refractivity contribution < 1.29 is 18.0 Å². The molecule has 2 aromatic rings. The van der Waals surface area contributed by atoms with Gasteiger partial charge in [0.15, 0.2) is 5.13 Å². The zero-order chi connectivity index (χ0) is 19.1. The van der Waals surface area contributed by atoms with Crippen LogP contribution in [-0.4, -0.2) is 10.9 Å². The van der Waals surface area contributed by atoms with Gasteiger partial charge in [0.1, 0.15) is 0 Å². The number of nitrogens with zero attached hydrogens (tertiary/aromatic N) is 1. The Kier molecular flexibility index (Phi) is 4.86. The predicted molar refractivity (Wildman–Crippen MR) is 96.5 cm³/mol. The van der Waals surface area contributed by atoms with Crippen LogP contribution in [0.4, 0.5) is 18.3 Å². The molecule has 1 aromatic heterocycles. The molecule has 0 bridgehead atoms. The van der Waals surface area contributed by atoms with Crippen molar-refractivity contribution in [2.24, 2.45) is 11.3 Å². The monoisotopic (exact) mass is 382 g/mol. The second-order valence-electron chi connectivity index (χ2n) is 7.72. The maximum Gasteiger partial charge on any atom is 0.416 e. The quantitative estimate of drug-likeness (QED) is 0.738. The number of hydrogen-bond donors (Lipinski definition) is 1. The minimum Gasteiger partial charge on any atom is -0.298 e. The van der Waals surface area contributed by atoms with Crippen LogP contribution in [0.2, 0.25) is 0 Å². The Hall–Kier alpha value is -1.89. The molecule has 7 heteroatoms. The lowest BCUT2D eigenvalue weighted by atomic mass is 9.73. The smallest absolute Gasteiger partial charge is 0.298 e. The third-order valence-corrected chi connectivity index (χ3v) is 5.89. The molecular formula is C19H21F3N2OS. The van der Waals surface area contributed by atoms with E-state index in [1.807, 2.05) is 0 Å². The first-order valence-electron chi connectivity index (χ1n) is 8.51. The number of anilines is 1. The summed E-state index contributed by atoms with van der Waals surface area (Å²) in [5, 5.41) is 3.22. The Morgan fingerprint density at radius 1 is 1.19 bits per heavy atom. The summed E-state index contributed by atoms with van der Waals surface area (Å²) in [6.07, 6.45) is -1.49. The van der Waals surface area contributed by atoms with Gasteiger partial charge in [-0.1, -0.05) is 20.8 Å². The van der Waals surface area contributed by atoms with Gasteiger partial charge in [-0.15, -0.1) is 11.3 Å². The van der Waals surface area contributed by atoms with Crippen molar-refractivity contribution in [3.8, 4) is 0 Å². The van der Waals surface area contributed by atoms with Gasteiger partial charge < -0.3 is 0 Å². The normalized spacial score (nSPS) is 17.7. The van der Waals surface area contributed by atoms with Crippen molar-refractivity contribution in [3.63, 3.8) is 0 Å². The summed E-state index contributed by atoms with van der Waals surface area (Å²) in [5.41, 5.74) is 0.662. The Morgan fingerprint density at radius 3 is 2.42 bits per heavy atom. The topological polar surface area (TPSA) is 42.0 Å². The number of halogens is 3. The summed E-state index contributed by atoms with van der Waals surface area (Å²) in [4.78, 5) is 18.0. The number of carbonyl (C=O) groups is 1. The van der Waals surface area contributed by atoms with Crippen LogP contribution in [0, 0.1) is 11.3 Å². The van der Waals surface area contributed by atoms with E-state index in [0.717, 1.165) is 37.1 Å². The van der Waals surface area contributed by atoms with E-state index in [1.165, 1.54) is 28.3 Å². The summed E-state index contributed by atoms with van der Waals surface area (Å²) in [6.45, 7) is 6.70. The van der Waals surface area contributed by atoms with E-state index in [2.05, 4.69) is 31.1 Å². The SMILES string of the molecule is CC(C)(C)C1CCc2nc(NC(=O)c3ccc(C(F)(F)F)cc3)sc2C1. The molecule has 0 saturated carbocycles. The number of hydrogen-bond acceptors (Lipinski definition) is 3. The second-order valence-corrected chi connectivity index (χ2v) is 8.81. The van der Waals surface area contributed by atoms with Gasteiger partial charge in [0.2, 0.25) is 0 Å². The number of benzene rings is 1. The summed E-state index contributed by atoms with van der Waals surface area (Å²) in [5.74, 6) is 0.131. The van der Waals surface area contributed by atoms with Crippen LogP contribution in [0.3, 0.4) is 0 Å². The van der Waals surface area contributed by atoms with Crippen molar-refractivity contribution in [2.75, 3.05) is 5.32 Å². The number of rotatable bonds is 2. The molecule has 1 aliphatic carbocycles. The van der Waals surface area contributed by atoms with Crippen LogP contribution in [0.15, 0.2) is 24.3 Å². The van der Waals surface area contributed by atoms with Crippen LogP contribution in [0.5, 0.6) is 0 Å². The van der Waals surface area contributed by atoms with E-state index in [9.17, 15) is 18.0 Å². The van der Waals surface area contributed by atoms with E-state index >= 15 is 0 Å². The molecule has 1 heterocycles. The van der Waals surface area contributed by atoms with Crippen LogP contribution in [0.25, 0.3) is 0 Å². The van der Waals surface area contributed by atoms with E-state index < -0.39 is 17.6 Å². The van der Waals surface area contributed by atoms with Crippen molar-refractivity contribution in [1.82, 2.24) is 4.98 Å². The molecule has 1 amide bonds. The highest BCUT2D eigenvalue weighted by Crippen LogP contribution is 2.40. The molecular weight excluding hydrogens is 361 g/mol. The first-order chi connectivity index (χ1) is 12.0. The number of carbonyl (C=O) groups excluding carboxylic acids is 1. The number of alkyl halides is 3. The van der Waals surface area contributed by atoms with Gasteiger partial charge in [-0.25, -0.2) is 4.98 Å². The summed E-state index contributed by atoms with van der Waals surface area (Å²) in [6, 6.07) is 4.19. The molecule has 1 aromatic carbocycles. The van der Waals surface area contributed by atoms with Gasteiger partial charge in [-0.2, -0.15) is 13.2 Å². The molecule has 0 radical (unpaired) electrons. The highest BCUT2D eigenvalue weighted by Gasteiger charge is 2.31. The second kappa shape index (κ2) is 6.68. The molecule has 3 rings (SSSR count). The van der Waals surface area contributed by atoms with E-state index in [0.29, 0.717) is 11.0 Å². The molecule has 26 heavy (non-hydrogen) atoms. The van der Waals surface area contributed by atoms with Crippen LogP contribution in [0.1, 0.15) is 53.7 Å². The fraction of sp³-hybridized carbons (Fsp3) is 0.474. The third-order valence-electron chi connectivity index (χ3n) is 4.86. The van der Waals surface area contributed by atoms with Crippen LogP contribution in [-0.2, 0) is 19.0 Å². The molecule has 140 valence electrons. The van der Waals surface area contributed by atoms with Gasteiger partial charge in [0.05, 0.1) is 11.3 Å². The highest BCUT2D eigenvalue weighted by molar-refractivity contribution is 7.15. The summed E-state index contributed by atoms with van der Waals surface area (Å²) < 4.78 is 37.8. The Balaban J connectivity index is 1.70. The molecule has 1 N–H and O–H groups in total. The Bertz CT molecular complexity index is 804. The van der Waals surface area contributed by atoms with Crippen molar-refractivity contribution in [1.29, 1.82) is 0 Å². The number of amides is 1. The molecule has 1 atom stereocenters. The van der Waals surface area contributed by atoms with Gasteiger partial charge >= 0.3 is 6.18 Å². The lowest BCUT2D eigenvalue weighted by Crippen LogP contribution is -2.26. The number of fused-ring (bicyclic) bond motifs is 1. The average Bonchev–Trinajstić information content (AvgIpc) is 2.94. The Labute approximate surface area is 154 Å². The lowest BCUT2D eigenvalue weighted by Gasteiger charge is -2.33. The third kappa shape index (κ3) is 4.09. The van der Waals surface area contributed by atoms with Gasteiger partial charge in [0, 0.05) is 10.4 Å². The number of aromatic nitrogens is 1. The maximum absolute atomic E-state index is 12.6. The zero-order valence-electron chi connectivity index (χ0n) is 14.9. The molecule has 0 saturated heterocycles. The lowest BCUT2D eigenvalue weighted by molar-refractivity contribution is -0.137. The molecule has 1 unspecified atom stereocenters. The average molecular weight is 382 g/mol. The van der Waals surface area contributed by atoms with Crippen molar-refractivity contribution in [3.05, 3.63) is 46.0 Å². The zero-order valence-corrected chi connectivity index (χ0v) is 15.7. The van der Waals surface area contributed by atoms with Gasteiger partial charge in [-0.05, 0) is 54.9 Å². The van der Waals surface area contributed by atoms with Crippen molar-refractivity contribution in [2.45, 2.75) is 46.2 Å². The minimum absolute atomic E-state index is 0.179. The maximum atomic E-state index is 12.6. The number of nitrogens with one attached hydrogen (secondary N) is 1. The molecule has 0 fully saturated rings. The summed E-state index contributed by atoms with van der Waals surface area (Å²) >= 11 is 1.46. The fourth-order valence-electron chi connectivity index (χ4n) is 3.15. The van der Waals surface area contributed by atoms with Gasteiger partial charge in [-0.3, -0.25) is 10.1 Å². The summed E-state index contributed by atoms with van der Waals surface area (Å²) in [7, 11) is 0. The van der Waals surface area contributed by atoms with E-state index in [1.54, 1.807) is 0 Å². The number of thiazole rings is 1. The van der Waals surface area contributed by atoms with E-state index in [4.69, 9.17) is 0 Å². The van der Waals surface area contributed by atoms with Crippen LogP contribution >= 0.6 is 11.3 Å². The fourth-order valence-corrected chi connectivity index (χ4v) is 4.23. The molecule has 1 aliphatic rings.